The zero-order chi connectivity index (χ0) is 57.2. The molecule has 0 aliphatic heterocycles. The maximum atomic E-state index is 14.0. The lowest BCUT2D eigenvalue weighted by molar-refractivity contribution is -0.143. The molecular weight excluding hydrogens is 1020 g/mol. The summed E-state index contributed by atoms with van der Waals surface area (Å²) in [6.45, 7) is 3.60. The van der Waals surface area contributed by atoms with Crippen LogP contribution in [0.3, 0.4) is 0 Å². The van der Waals surface area contributed by atoms with Gasteiger partial charge in [-0.25, -0.2) is 9.36 Å². The summed E-state index contributed by atoms with van der Waals surface area (Å²) in [5.41, 5.74) is 16.4. The molecule has 0 aliphatic rings. The molecule has 1 aromatic rings. The van der Waals surface area contributed by atoms with E-state index in [4.69, 9.17) is 17.2 Å². The van der Waals surface area contributed by atoms with Crippen molar-refractivity contribution in [1.29, 1.82) is 0 Å². The first-order valence-electron chi connectivity index (χ1n) is 23.3. The van der Waals surface area contributed by atoms with Crippen molar-refractivity contribution in [2.45, 2.75) is 127 Å². The number of hydrogen-bond donors (Lipinski definition) is 17. The van der Waals surface area contributed by atoms with Gasteiger partial charge < -0.3 is 84.9 Å². The summed E-state index contributed by atoms with van der Waals surface area (Å²) in [4.78, 5) is 172. The number of carbonyl (C=O) groups excluding carboxylic acids is 10. The van der Waals surface area contributed by atoms with Crippen LogP contribution in [0.25, 0.3) is 0 Å². The van der Waals surface area contributed by atoms with Crippen LogP contribution in [0.15, 0.2) is 24.3 Å². The van der Waals surface area contributed by atoms with Crippen molar-refractivity contribution in [3.63, 3.8) is 0 Å². The number of carboxylic acid groups (broad SMARTS) is 2. The Balaban J connectivity index is 3.26. The lowest BCUT2D eigenvalue weighted by atomic mass is 9.96. The van der Waals surface area contributed by atoms with Crippen LogP contribution in [0.2, 0.25) is 0 Å². The quantitative estimate of drug-likeness (QED) is 0.0222. The Hall–Kier alpha value is -7.31. The SMILES string of the molecule is CC[C@H](C)[C@H](NC(=O)[C@H](C)NC(=O)CN)C(=O)N[C@@H](Cc1ccc(OP(=O)(O)O)cc1)C(=O)N[C@@H](CC(N)=O)C(=O)N[C@@H](C)C(=O)NCC(=O)N[C@@H](CO)C(=O)N[C@@H](CCC(=O)O)C(=O)N[C@@H](CCCCN)C(=O)O. The Morgan fingerprint density at radius 3 is 1.71 bits per heavy atom. The summed E-state index contributed by atoms with van der Waals surface area (Å²) < 4.78 is 15.9. The van der Waals surface area contributed by atoms with Crippen molar-refractivity contribution in [3.05, 3.63) is 29.8 Å². The number of phosphoric acid groups is 1. The zero-order valence-corrected chi connectivity index (χ0v) is 42.5. The average Bonchev–Trinajstić information content (AvgIpc) is 3.33. The van der Waals surface area contributed by atoms with Crippen molar-refractivity contribution in [3.8, 4) is 5.75 Å². The first-order valence-corrected chi connectivity index (χ1v) is 24.9. The summed E-state index contributed by atoms with van der Waals surface area (Å²) in [7, 11) is -4.97. The highest BCUT2D eigenvalue weighted by atomic mass is 31.2. The summed E-state index contributed by atoms with van der Waals surface area (Å²) in [6.07, 6.45) is -1.43. The van der Waals surface area contributed by atoms with Crippen LogP contribution in [-0.4, -0.2) is 171 Å². The van der Waals surface area contributed by atoms with Gasteiger partial charge in [0.2, 0.25) is 59.1 Å². The topological polar surface area (TPSA) is 519 Å². The van der Waals surface area contributed by atoms with Gasteiger partial charge in [-0.1, -0.05) is 32.4 Å². The summed E-state index contributed by atoms with van der Waals surface area (Å²) in [5, 5.41) is 49.1. The molecule has 10 amide bonds. The smallest absolute Gasteiger partial charge is 0.481 e. The fraction of sp³-hybridized carbons (Fsp3) is 0.581. The minimum atomic E-state index is -4.97. The molecule has 420 valence electrons. The molecule has 9 atom stereocenters. The number of carbonyl (C=O) groups is 12. The standard InChI is InChI=1S/C43H69N12O19P/c1-5-21(2)35(55-37(63)23(4)48-32(58)18-45)42(68)54-28(16-24-9-11-25(12-10-24)74-75(71,72)73)40(66)53-29(17-31(46)57)39(65)49-22(3)36(62)47-19-33(59)50-30(20-56)41(67)51-26(13-14-34(60)61)38(64)52-27(43(69)70)8-6-7-15-44/h9-12,21-23,26-30,35,56H,5-8,13-20,44-45H2,1-4H3,(H2,46,57)(H,47,62)(H,48,58)(H,49,65)(H,50,59)(H,51,67)(H,52,64)(H,53,66)(H,54,68)(H,55,63)(H,60,61)(H,69,70)(H2,71,72,73)/t21-,22-,23-,26-,27-,28-,29-,30-,35-/m0/s1. The molecule has 0 radical (unpaired) electrons. The summed E-state index contributed by atoms with van der Waals surface area (Å²) >= 11 is 0. The van der Waals surface area contributed by atoms with Gasteiger partial charge in [0, 0.05) is 12.8 Å². The molecule has 75 heavy (non-hydrogen) atoms. The first kappa shape index (κ1) is 65.7. The highest BCUT2D eigenvalue weighted by Crippen LogP contribution is 2.37. The third-order valence-electron chi connectivity index (χ3n) is 10.9. The van der Waals surface area contributed by atoms with E-state index in [2.05, 4.69) is 52.4 Å². The third-order valence-corrected chi connectivity index (χ3v) is 11.3. The second-order valence-electron chi connectivity index (χ2n) is 17.0. The fourth-order valence-corrected chi connectivity index (χ4v) is 6.93. The van der Waals surface area contributed by atoms with Gasteiger partial charge in [-0.15, -0.1) is 0 Å². The molecule has 1 rings (SSSR count). The molecule has 32 heteroatoms. The number of benzene rings is 1. The van der Waals surface area contributed by atoms with Gasteiger partial charge >= 0.3 is 19.8 Å². The van der Waals surface area contributed by atoms with Gasteiger partial charge in [0.15, 0.2) is 0 Å². The van der Waals surface area contributed by atoms with Crippen molar-refractivity contribution >= 4 is 78.8 Å². The summed E-state index contributed by atoms with van der Waals surface area (Å²) in [5.74, 6) is -13.9. The van der Waals surface area contributed by atoms with Gasteiger partial charge in [-0.2, -0.15) is 0 Å². The van der Waals surface area contributed by atoms with Crippen LogP contribution < -0.4 is 69.6 Å². The van der Waals surface area contributed by atoms with Crippen LogP contribution in [0.1, 0.15) is 78.2 Å². The van der Waals surface area contributed by atoms with Gasteiger partial charge in [0.1, 0.15) is 54.1 Å². The van der Waals surface area contributed by atoms with E-state index >= 15 is 0 Å². The molecule has 0 saturated carbocycles. The van der Waals surface area contributed by atoms with Crippen molar-refractivity contribution < 1.29 is 91.7 Å². The second kappa shape index (κ2) is 32.8. The van der Waals surface area contributed by atoms with Crippen LogP contribution >= 0.6 is 7.82 Å². The third kappa shape index (κ3) is 25.5. The van der Waals surface area contributed by atoms with E-state index in [1.54, 1.807) is 13.8 Å². The number of primary amides is 1. The van der Waals surface area contributed by atoms with E-state index in [9.17, 15) is 87.2 Å². The average molecular weight is 1090 g/mol. The Morgan fingerprint density at radius 1 is 0.627 bits per heavy atom. The van der Waals surface area contributed by atoms with Crippen LogP contribution in [0, 0.1) is 5.92 Å². The molecule has 20 N–H and O–H groups in total. The Morgan fingerprint density at radius 2 is 1.17 bits per heavy atom. The molecule has 1 aromatic carbocycles. The molecule has 0 aliphatic carbocycles. The Labute approximate surface area is 429 Å². The van der Waals surface area contributed by atoms with Crippen molar-refractivity contribution in [2.75, 3.05) is 26.2 Å². The van der Waals surface area contributed by atoms with Gasteiger partial charge in [0.25, 0.3) is 0 Å². The van der Waals surface area contributed by atoms with Crippen LogP contribution in [0.4, 0.5) is 0 Å². The highest BCUT2D eigenvalue weighted by molar-refractivity contribution is 7.46. The normalized spacial score (nSPS) is 14.7. The van der Waals surface area contributed by atoms with Gasteiger partial charge in [0.05, 0.1) is 26.1 Å². The molecule has 0 fully saturated rings. The number of aliphatic carboxylic acids is 2. The number of nitrogens with one attached hydrogen (secondary N) is 9. The molecule has 31 nitrogen and oxygen atoms in total. The number of hydrogen-bond acceptors (Lipinski definition) is 17. The molecule has 0 saturated heterocycles. The second-order valence-corrected chi connectivity index (χ2v) is 18.2. The minimum Gasteiger partial charge on any atom is -0.481 e. The predicted octanol–water partition coefficient (Wildman–Crippen LogP) is -6.31. The number of nitrogens with two attached hydrogens (primary N) is 3. The van der Waals surface area contributed by atoms with Crippen molar-refractivity contribution in [1.82, 2.24) is 47.9 Å². The summed E-state index contributed by atoms with van der Waals surface area (Å²) in [6, 6.07) is -7.47. The molecule has 0 unspecified atom stereocenters. The first-order chi connectivity index (χ1) is 35.0. The molecule has 0 spiro atoms. The Kier molecular flexibility index (Phi) is 28.7. The Bertz CT molecular complexity index is 2230. The maximum absolute atomic E-state index is 14.0. The predicted molar refractivity (Wildman–Crippen MR) is 259 cm³/mol. The molecule has 0 aromatic heterocycles. The van der Waals surface area contributed by atoms with E-state index in [0.717, 1.165) is 19.1 Å². The van der Waals surface area contributed by atoms with E-state index < -0.39 is 178 Å². The zero-order valence-electron chi connectivity index (χ0n) is 41.6. The minimum absolute atomic E-state index is 0.0402. The highest BCUT2D eigenvalue weighted by Gasteiger charge is 2.35. The number of carboxylic acids is 2. The van der Waals surface area contributed by atoms with Gasteiger partial charge in [-0.3, -0.25) is 62.5 Å². The van der Waals surface area contributed by atoms with Gasteiger partial charge in [-0.05, 0) is 69.7 Å². The van der Waals surface area contributed by atoms with E-state index in [1.165, 1.54) is 19.1 Å². The number of aliphatic hydroxyl groups is 1. The van der Waals surface area contributed by atoms with Crippen LogP contribution in [0.5, 0.6) is 5.75 Å². The molecule has 0 heterocycles. The molecule has 0 bridgehead atoms. The monoisotopic (exact) mass is 1090 g/mol. The lowest BCUT2D eigenvalue weighted by Crippen LogP contribution is -2.60. The largest absolute Gasteiger partial charge is 0.524 e. The number of unbranched alkanes of at least 4 members (excludes halogenated alkanes) is 1. The number of amides is 10. The van der Waals surface area contributed by atoms with E-state index in [0.29, 0.717) is 19.3 Å². The maximum Gasteiger partial charge on any atom is 0.524 e. The van der Waals surface area contributed by atoms with E-state index in [-0.39, 0.29) is 24.3 Å². The lowest BCUT2D eigenvalue weighted by Gasteiger charge is -2.28. The van der Waals surface area contributed by atoms with E-state index in [1.807, 2.05) is 0 Å². The van der Waals surface area contributed by atoms with Crippen molar-refractivity contribution in [2.24, 2.45) is 23.1 Å². The fourth-order valence-electron chi connectivity index (χ4n) is 6.53. The number of aliphatic hydroxyl groups excluding tert-OH is 1. The number of rotatable bonds is 35. The van der Waals surface area contributed by atoms with Crippen LogP contribution in [-0.2, 0) is 68.5 Å². The number of phosphoric ester groups is 1. The molecular formula is C43H69N12O19P.